The van der Waals surface area contributed by atoms with E-state index in [2.05, 4.69) is 48.2 Å². The van der Waals surface area contributed by atoms with Gasteiger partial charge in [-0.15, -0.1) is 0 Å². The first kappa shape index (κ1) is 16.4. The first-order chi connectivity index (χ1) is 10.2. The van der Waals surface area contributed by atoms with Crippen molar-refractivity contribution in [1.82, 2.24) is 15.2 Å². The highest BCUT2D eigenvalue weighted by molar-refractivity contribution is 5.04. The maximum Gasteiger partial charge on any atom is 0.0416 e. The summed E-state index contributed by atoms with van der Waals surface area (Å²) in [5, 5.41) is 3.70. The highest BCUT2D eigenvalue weighted by atomic mass is 15.2. The molecule has 1 N–H and O–H groups in total. The Labute approximate surface area is 130 Å². The van der Waals surface area contributed by atoms with Gasteiger partial charge in [0.1, 0.15) is 0 Å². The summed E-state index contributed by atoms with van der Waals surface area (Å²) in [5.74, 6) is 0.905. The summed E-state index contributed by atoms with van der Waals surface area (Å²) >= 11 is 0. The topological polar surface area (TPSA) is 28.2 Å². The second-order valence-corrected chi connectivity index (χ2v) is 6.37. The van der Waals surface area contributed by atoms with Crippen LogP contribution in [0.5, 0.6) is 0 Å². The zero-order valence-electron chi connectivity index (χ0n) is 13.9. The van der Waals surface area contributed by atoms with Crippen molar-refractivity contribution in [1.29, 1.82) is 0 Å². The lowest BCUT2D eigenvalue weighted by atomic mass is 9.80. The minimum atomic E-state index is 0.659. The second kappa shape index (κ2) is 8.50. The number of nitrogens with zero attached hydrogens (tertiary/aromatic N) is 2. The predicted octanol–water partition coefficient (Wildman–Crippen LogP) is 3.11. The van der Waals surface area contributed by atoms with Crippen LogP contribution < -0.4 is 5.32 Å². The van der Waals surface area contributed by atoms with Gasteiger partial charge in [0.15, 0.2) is 0 Å². The number of rotatable bonds is 7. The normalized spacial score (nSPS) is 26.2. The zero-order valence-corrected chi connectivity index (χ0v) is 13.9. The fraction of sp³-hybridized carbons (Fsp3) is 0.722. The Hall–Kier alpha value is -0.930. The first-order valence-electron chi connectivity index (χ1n) is 8.58. The molecule has 1 saturated carbocycles. The minimum Gasteiger partial charge on any atom is -0.313 e. The summed E-state index contributed by atoms with van der Waals surface area (Å²) in [5.41, 5.74) is 1.20. The van der Waals surface area contributed by atoms with Crippen molar-refractivity contribution in [3.8, 4) is 0 Å². The lowest BCUT2D eigenvalue weighted by Gasteiger charge is -2.41. The van der Waals surface area contributed by atoms with Crippen molar-refractivity contribution in [2.24, 2.45) is 5.92 Å². The maximum atomic E-state index is 4.44. The van der Waals surface area contributed by atoms with Crippen molar-refractivity contribution in [2.75, 3.05) is 20.1 Å². The maximum absolute atomic E-state index is 4.44. The van der Waals surface area contributed by atoms with Crippen LogP contribution in [-0.2, 0) is 6.42 Å². The smallest absolute Gasteiger partial charge is 0.0416 e. The molecule has 0 spiro atoms. The van der Waals surface area contributed by atoms with Gasteiger partial charge in [-0.05, 0) is 50.9 Å². The third-order valence-corrected chi connectivity index (χ3v) is 4.98. The molecule has 0 radical (unpaired) electrons. The standard InChI is InChI=1S/C18H31N3/c1-4-15-9-10-17(19-5-2)18(14-15)21(3)13-11-16-8-6-7-12-20-16/h6-8,12,15,17-19H,4-5,9-11,13-14H2,1-3H3. The van der Waals surface area contributed by atoms with Crippen LogP contribution in [0.2, 0.25) is 0 Å². The minimum absolute atomic E-state index is 0.659. The lowest BCUT2D eigenvalue weighted by molar-refractivity contribution is 0.119. The SMILES string of the molecule is CCNC1CCC(CC)CC1N(C)CCc1ccccn1. The molecule has 2 rings (SSSR count). The molecule has 118 valence electrons. The molecule has 1 aromatic rings. The first-order valence-corrected chi connectivity index (χ1v) is 8.58. The van der Waals surface area contributed by atoms with Gasteiger partial charge in [-0.2, -0.15) is 0 Å². The Morgan fingerprint density at radius 3 is 2.81 bits per heavy atom. The molecular weight excluding hydrogens is 258 g/mol. The molecule has 3 heteroatoms. The molecule has 1 heterocycles. The van der Waals surface area contributed by atoms with Crippen molar-refractivity contribution >= 4 is 0 Å². The summed E-state index contributed by atoms with van der Waals surface area (Å²) in [6, 6.07) is 7.53. The number of aromatic nitrogens is 1. The molecule has 1 aliphatic carbocycles. The molecule has 1 aromatic heterocycles. The van der Waals surface area contributed by atoms with E-state index in [1.807, 2.05) is 12.3 Å². The van der Waals surface area contributed by atoms with Gasteiger partial charge in [0, 0.05) is 36.9 Å². The van der Waals surface area contributed by atoms with E-state index in [4.69, 9.17) is 0 Å². The Morgan fingerprint density at radius 2 is 2.14 bits per heavy atom. The molecular formula is C18H31N3. The number of nitrogens with one attached hydrogen (secondary N) is 1. The van der Waals surface area contributed by atoms with Gasteiger partial charge in [-0.3, -0.25) is 4.98 Å². The van der Waals surface area contributed by atoms with Crippen LogP contribution in [0.1, 0.15) is 45.2 Å². The van der Waals surface area contributed by atoms with Gasteiger partial charge in [0.25, 0.3) is 0 Å². The van der Waals surface area contributed by atoms with Gasteiger partial charge in [-0.25, -0.2) is 0 Å². The molecule has 0 aliphatic heterocycles. The molecule has 3 nitrogen and oxygen atoms in total. The predicted molar refractivity (Wildman–Crippen MR) is 89.5 cm³/mol. The van der Waals surface area contributed by atoms with Crippen LogP contribution in [0.4, 0.5) is 0 Å². The van der Waals surface area contributed by atoms with Crippen LogP contribution in [0.25, 0.3) is 0 Å². The van der Waals surface area contributed by atoms with Crippen molar-refractivity contribution < 1.29 is 0 Å². The van der Waals surface area contributed by atoms with Crippen LogP contribution in [-0.4, -0.2) is 42.1 Å². The average Bonchev–Trinajstić information content (AvgIpc) is 2.54. The quantitative estimate of drug-likeness (QED) is 0.836. The van der Waals surface area contributed by atoms with Gasteiger partial charge >= 0.3 is 0 Å². The van der Waals surface area contributed by atoms with Gasteiger partial charge in [0.05, 0.1) is 0 Å². The molecule has 3 unspecified atom stereocenters. The number of likely N-dealkylation sites (N-methyl/N-ethyl adjacent to an activating group) is 2. The zero-order chi connectivity index (χ0) is 15.1. The van der Waals surface area contributed by atoms with E-state index < -0.39 is 0 Å². The highest BCUT2D eigenvalue weighted by Gasteiger charge is 2.31. The van der Waals surface area contributed by atoms with E-state index in [0.29, 0.717) is 12.1 Å². The lowest BCUT2D eigenvalue weighted by Crippen LogP contribution is -2.52. The van der Waals surface area contributed by atoms with E-state index in [1.54, 1.807) is 0 Å². The fourth-order valence-corrected chi connectivity index (χ4v) is 3.59. The Balaban J connectivity index is 1.91. The van der Waals surface area contributed by atoms with Crippen molar-refractivity contribution in [3.05, 3.63) is 30.1 Å². The third-order valence-electron chi connectivity index (χ3n) is 4.98. The van der Waals surface area contributed by atoms with E-state index in [-0.39, 0.29) is 0 Å². The largest absolute Gasteiger partial charge is 0.313 e. The molecule has 1 aliphatic rings. The summed E-state index contributed by atoms with van der Waals surface area (Å²) in [7, 11) is 2.29. The van der Waals surface area contributed by atoms with Crippen LogP contribution in [0.3, 0.4) is 0 Å². The van der Waals surface area contributed by atoms with Crippen LogP contribution in [0, 0.1) is 5.92 Å². The Bertz CT molecular complexity index is 393. The number of pyridine rings is 1. The van der Waals surface area contributed by atoms with Crippen molar-refractivity contribution in [3.63, 3.8) is 0 Å². The molecule has 21 heavy (non-hydrogen) atoms. The molecule has 0 amide bonds. The van der Waals surface area contributed by atoms with Gasteiger partial charge in [0.2, 0.25) is 0 Å². The van der Waals surface area contributed by atoms with Crippen LogP contribution in [0.15, 0.2) is 24.4 Å². The number of hydrogen-bond donors (Lipinski definition) is 1. The molecule has 1 fully saturated rings. The summed E-state index contributed by atoms with van der Waals surface area (Å²) in [6.07, 6.45) is 8.31. The van der Waals surface area contributed by atoms with Crippen molar-refractivity contribution in [2.45, 2.75) is 58.0 Å². The van der Waals surface area contributed by atoms with E-state index in [1.165, 1.54) is 31.4 Å². The third kappa shape index (κ3) is 4.79. The second-order valence-electron chi connectivity index (χ2n) is 6.37. The molecule has 0 aromatic carbocycles. The van der Waals surface area contributed by atoms with E-state index >= 15 is 0 Å². The summed E-state index contributed by atoms with van der Waals surface area (Å²) in [4.78, 5) is 7.00. The van der Waals surface area contributed by atoms with E-state index in [0.717, 1.165) is 25.4 Å². The fourth-order valence-electron chi connectivity index (χ4n) is 3.59. The summed E-state index contributed by atoms with van der Waals surface area (Å²) < 4.78 is 0. The van der Waals surface area contributed by atoms with Gasteiger partial charge in [-0.1, -0.05) is 26.3 Å². The van der Waals surface area contributed by atoms with Gasteiger partial charge < -0.3 is 10.2 Å². The Kier molecular flexibility index (Phi) is 6.65. The average molecular weight is 289 g/mol. The van der Waals surface area contributed by atoms with Crippen LogP contribution >= 0.6 is 0 Å². The number of hydrogen-bond acceptors (Lipinski definition) is 3. The van der Waals surface area contributed by atoms with E-state index in [9.17, 15) is 0 Å². The summed E-state index contributed by atoms with van der Waals surface area (Å²) in [6.45, 7) is 6.73. The molecule has 0 saturated heterocycles. The molecule has 3 atom stereocenters. The Morgan fingerprint density at radius 1 is 1.29 bits per heavy atom. The molecule has 0 bridgehead atoms. The highest BCUT2D eigenvalue weighted by Crippen LogP contribution is 2.29. The monoisotopic (exact) mass is 289 g/mol.